The first-order chi connectivity index (χ1) is 33.7. The quantitative estimate of drug-likeness (QED) is 0.164. The minimum absolute atomic E-state index is 0.824. The van der Waals surface area contributed by atoms with E-state index in [1.165, 1.54) is 5.30 Å². The zero-order valence-corrected chi connectivity index (χ0v) is 38.0. The van der Waals surface area contributed by atoms with Crippen molar-refractivity contribution in [3.63, 3.8) is 0 Å². The van der Waals surface area contributed by atoms with E-state index in [-0.39, 0.29) is 0 Å². The standard InChI is InChI=1S/C60H36N5OPS/c68-67-58-50-34-33-49-55(58)65(48-32-18-17-31-47(48)61(49)37-19-5-1-6-20-37)57-54-44(42-28-14-16-30-46(42)63(54)39-23-9-3-10-24-39)36-52(60(57)67)66-51-35-43-41-27-13-15-29-45(41)62(38-21-7-2-8-22-38)53(43)56(59(51)67)64(50)40-25-11-4-12-26-40/h1-36H. The molecule has 0 N–H and O–H groups in total. The Labute approximate surface area is 396 Å². The molecule has 16 rings (SSSR count). The Morgan fingerprint density at radius 2 is 0.735 bits per heavy atom. The van der Waals surface area contributed by atoms with Crippen molar-refractivity contribution in [2.24, 2.45) is 0 Å². The smallest absolute Gasteiger partial charge is 0.139 e. The summed E-state index contributed by atoms with van der Waals surface area (Å²) in [5.74, 6) is 1.65. The molecule has 318 valence electrons. The van der Waals surface area contributed by atoms with E-state index in [0.717, 1.165) is 128 Å². The van der Waals surface area contributed by atoms with Crippen LogP contribution in [0.25, 0.3) is 55.0 Å². The van der Waals surface area contributed by atoms with E-state index in [4.69, 9.17) is 16.5 Å². The van der Waals surface area contributed by atoms with Crippen molar-refractivity contribution >= 4 is 129 Å². The number of fused-ring (bicyclic) bond motifs is 11. The van der Waals surface area contributed by atoms with Crippen molar-refractivity contribution in [1.29, 1.82) is 0 Å². The number of aromatic nitrogens is 2. The van der Waals surface area contributed by atoms with Crippen molar-refractivity contribution in [3.8, 4) is 22.9 Å². The molecule has 0 bridgehead atoms. The third-order valence-electron chi connectivity index (χ3n) is 14.6. The van der Waals surface area contributed by atoms with E-state index < -0.39 is 6.04 Å². The Kier molecular flexibility index (Phi) is 7.13. The van der Waals surface area contributed by atoms with Gasteiger partial charge in [-0.15, -0.1) is 0 Å². The highest BCUT2D eigenvalue weighted by Crippen LogP contribution is 2.71. The lowest BCUT2D eigenvalue weighted by atomic mass is 10.0. The fourth-order valence-corrected chi connectivity index (χ4v) is 17.2. The molecule has 2 aromatic heterocycles. The summed E-state index contributed by atoms with van der Waals surface area (Å²) in [6, 6.07) is 76.0. The largest absolute Gasteiger partial charge is 0.456 e. The van der Waals surface area contributed by atoms with Gasteiger partial charge in [0.25, 0.3) is 0 Å². The lowest BCUT2D eigenvalue weighted by molar-refractivity contribution is 0.490. The number of hydrogen-bond donors (Lipinski definition) is 0. The Morgan fingerprint density at radius 3 is 1.26 bits per heavy atom. The van der Waals surface area contributed by atoms with Gasteiger partial charge in [-0.3, -0.25) is 0 Å². The van der Waals surface area contributed by atoms with Gasteiger partial charge in [0.05, 0.1) is 78.5 Å². The summed E-state index contributed by atoms with van der Waals surface area (Å²) < 4.78 is 12.6. The molecule has 1 unspecified atom stereocenters. The van der Waals surface area contributed by atoms with Crippen molar-refractivity contribution in [1.82, 2.24) is 9.13 Å². The average Bonchev–Trinajstić information content (AvgIpc) is 3.91. The number of ether oxygens (including phenoxy) is 1. The fraction of sp³-hybridized carbons (Fsp3) is 0. The molecule has 4 aliphatic rings. The Hall–Kier alpha value is -8.35. The highest BCUT2D eigenvalue weighted by atomic mass is 32.4. The summed E-state index contributed by atoms with van der Waals surface area (Å²) >= 11 is 7.88. The molecule has 6 heterocycles. The van der Waals surface area contributed by atoms with E-state index >= 15 is 0 Å². The summed E-state index contributed by atoms with van der Waals surface area (Å²) in [7, 11) is 0. The van der Waals surface area contributed by atoms with Crippen LogP contribution < -0.4 is 35.4 Å². The van der Waals surface area contributed by atoms with Crippen LogP contribution in [0.15, 0.2) is 218 Å². The maximum absolute atomic E-state index is 7.88. The van der Waals surface area contributed by atoms with Crippen LogP contribution in [0.2, 0.25) is 0 Å². The SMILES string of the molecule is S=P12c3c4ccc5c3N(c3ccccc3N5c3ccccc3)c3c1c(cc1c5ccccc5n(-c5ccccc5)c31)Oc1cc3c5ccccc5n(-c5ccccc5)c3c(c12)N4c1ccccc1. The molecule has 0 aliphatic carbocycles. The molecule has 12 aromatic rings. The predicted octanol–water partition coefficient (Wildman–Crippen LogP) is 15.1. The van der Waals surface area contributed by atoms with Crippen LogP contribution in [0.1, 0.15) is 0 Å². The Morgan fingerprint density at radius 1 is 0.324 bits per heavy atom. The zero-order valence-electron chi connectivity index (χ0n) is 36.3. The Bertz CT molecular complexity index is 4200. The van der Waals surface area contributed by atoms with E-state index in [1.807, 2.05) is 0 Å². The molecule has 4 aliphatic heterocycles. The molecule has 0 radical (unpaired) electrons. The number of rotatable bonds is 4. The van der Waals surface area contributed by atoms with Crippen LogP contribution in [0.3, 0.4) is 0 Å². The maximum Gasteiger partial charge on any atom is 0.139 e. The second kappa shape index (κ2) is 13.2. The minimum atomic E-state index is -3.06. The lowest BCUT2D eigenvalue weighted by Crippen LogP contribution is -2.47. The highest BCUT2D eigenvalue weighted by Gasteiger charge is 2.55. The van der Waals surface area contributed by atoms with Gasteiger partial charge >= 0.3 is 0 Å². The highest BCUT2D eigenvalue weighted by molar-refractivity contribution is 8.26. The fourth-order valence-electron chi connectivity index (χ4n) is 12.1. The summed E-state index contributed by atoms with van der Waals surface area (Å²) in [5.41, 5.74) is 16.5. The first kappa shape index (κ1) is 36.8. The van der Waals surface area contributed by atoms with Gasteiger partial charge in [-0.2, -0.15) is 0 Å². The first-order valence-corrected chi connectivity index (χ1v) is 25.9. The van der Waals surface area contributed by atoms with E-state index in [0.29, 0.717) is 0 Å². The van der Waals surface area contributed by atoms with Crippen LogP contribution in [0.4, 0.5) is 51.2 Å². The van der Waals surface area contributed by atoms with Gasteiger partial charge in [0.1, 0.15) is 11.5 Å². The monoisotopic (exact) mass is 905 g/mol. The summed E-state index contributed by atoms with van der Waals surface area (Å²) in [6.07, 6.45) is 0. The summed E-state index contributed by atoms with van der Waals surface area (Å²) in [4.78, 5) is 7.51. The third-order valence-corrected chi connectivity index (χ3v) is 19.4. The van der Waals surface area contributed by atoms with Crippen LogP contribution in [0.5, 0.6) is 11.5 Å². The molecule has 0 fully saturated rings. The lowest BCUT2D eigenvalue weighted by Gasteiger charge is -2.52. The molecule has 0 saturated carbocycles. The second-order valence-electron chi connectivity index (χ2n) is 18.0. The molecule has 0 spiro atoms. The van der Waals surface area contributed by atoms with Crippen molar-refractivity contribution in [2.75, 3.05) is 14.7 Å². The molecule has 10 aromatic carbocycles. The van der Waals surface area contributed by atoms with Crippen LogP contribution in [0, 0.1) is 0 Å². The predicted molar refractivity (Wildman–Crippen MR) is 286 cm³/mol. The van der Waals surface area contributed by atoms with Gasteiger partial charge in [-0.1, -0.05) is 133 Å². The molecule has 8 heteroatoms. The summed E-state index contributed by atoms with van der Waals surface area (Å²) in [6.45, 7) is 0. The Balaban J connectivity index is 1.16. The molecular formula is C60H36N5OPS. The van der Waals surface area contributed by atoms with Crippen molar-refractivity contribution in [3.05, 3.63) is 218 Å². The van der Waals surface area contributed by atoms with Crippen LogP contribution >= 0.6 is 6.04 Å². The molecule has 0 amide bonds. The van der Waals surface area contributed by atoms with Crippen molar-refractivity contribution in [2.45, 2.75) is 0 Å². The van der Waals surface area contributed by atoms with E-state index in [9.17, 15) is 0 Å². The molecule has 0 saturated heterocycles. The van der Waals surface area contributed by atoms with E-state index in [2.05, 4.69) is 242 Å². The van der Waals surface area contributed by atoms with Gasteiger partial charge in [-0.05, 0) is 97.1 Å². The van der Waals surface area contributed by atoms with Gasteiger partial charge in [-0.25, -0.2) is 0 Å². The normalized spacial score (nSPS) is 15.8. The van der Waals surface area contributed by atoms with Gasteiger partial charge < -0.3 is 28.6 Å². The average molecular weight is 906 g/mol. The zero-order chi connectivity index (χ0) is 44.4. The van der Waals surface area contributed by atoms with Crippen molar-refractivity contribution < 1.29 is 4.74 Å². The van der Waals surface area contributed by atoms with Gasteiger partial charge in [0.15, 0.2) is 0 Å². The number of benzene rings is 10. The number of anilines is 9. The maximum atomic E-state index is 7.88. The molecular weight excluding hydrogens is 870 g/mol. The number of para-hydroxylation sites is 8. The summed E-state index contributed by atoms with van der Waals surface area (Å²) in [5, 5.41) is 7.93. The number of hydrogen-bond acceptors (Lipinski definition) is 5. The minimum Gasteiger partial charge on any atom is -0.456 e. The molecule has 68 heavy (non-hydrogen) atoms. The second-order valence-corrected chi connectivity index (χ2v) is 22.2. The van der Waals surface area contributed by atoms with Crippen LogP contribution in [-0.2, 0) is 11.8 Å². The molecule has 6 nitrogen and oxygen atoms in total. The van der Waals surface area contributed by atoms with Crippen LogP contribution in [-0.4, -0.2) is 9.13 Å². The van der Waals surface area contributed by atoms with E-state index in [1.54, 1.807) is 0 Å². The number of nitrogens with zero attached hydrogens (tertiary/aromatic N) is 5. The molecule has 1 atom stereocenters. The third kappa shape index (κ3) is 4.46. The van der Waals surface area contributed by atoms with Gasteiger partial charge in [0.2, 0.25) is 0 Å². The van der Waals surface area contributed by atoms with Gasteiger partial charge in [0, 0.05) is 49.6 Å². The topological polar surface area (TPSA) is 28.8 Å². The first-order valence-electron chi connectivity index (χ1n) is 23.1.